The number of anilines is 2. The second-order valence-corrected chi connectivity index (χ2v) is 13.3. The molecule has 3 heterocycles. The molecule has 1 N–H and O–H groups in total. The summed E-state index contributed by atoms with van der Waals surface area (Å²) in [7, 11) is 0. The molecule has 0 radical (unpaired) electrons. The van der Waals surface area contributed by atoms with Gasteiger partial charge in [0.1, 0.15) is 11.6 Å². The number of hydrogen-bond donors (Lipinski definition) is 1. The lowest BCUT2D eigenvalue weighted by molar-refractivity contribution is -0.150. The fourth-order valence-electron chi connectivity index (χ4n) is 8.51. The zero-order chi connectivity index (χ0) is 33.4. The average molecular weight is 628 g/mol. The first-order chi connectivity index (χ1) is 22.1. The largest absolute Gasteiger partial charge is 0.394 e. The van der Waals surface area contributed by atoms with Gasteiger partial charge in [-0.1, -0.05) is 75.7 Å². The maximum Gasteiger partial charge on any atom is 0.253 e. The minimum atomic E-state index is -1.22. The number of ether oxygens (including phenoxy) is 1. The first-order valence-electron chi connectivity index (χ1n) is 16.7. The number of aliphatic hydroxyl groups excluding tert-OH is 1. The van der Waals surface area contributed by atoms with Gasteiger partial charge in [0.05, 0.1) is 30.1 Å². The van der Waals surface area contributed by atoms with E-state index < -0.39 is 35.1 Å². The van der Waals surface area contributed by atoms with Crippen LogP contribution in [0.1, 0.15) is 57.6 Å². The van der Waals surface area contributed by atoms with Crippen LogP contribution < -0.4 is 9.80 Å². The van der Waals surface area contributed by atoms with Crippen molar-refractivity contribution in [1.82, 2.24) is 4.90 Å². The lowest BCUT2D eigenvalue weighted by Crippen LogP contribution is -2.60. The molecule has 7 atom stereocenters. The van der Waals surface area contributed by atoms with Crippen molar-refractivity contribution in [1.29, 1.82) is 0 Å². The summed E-state index contributed by atoms with van der Waals surface area (Å²) in [6.07, 6.45) is 5.62. The predicted molar refractivity (Wildman–Crippen MR) is 181 cm³/mol. The van der Waals surface area contributed by atoms with Crippen LogP contribution in [-0.4, -0.2) is 70.7 Å². The normalized spacial score (nSPS) is 27.7. The van der Waals surface area contributed by atoms with Crippen LogP contribution in [0.15, 0.2) is 73.8 Å². The summed E-state index contributed by atoms with van der Waals surface area (Å²) in [5, 5.41) is 10.8. The lowest BCUT2D eigenvalue weighted by Gasteiger charge is -2.41. The van der Waals surface area contributed by atoms with Crippen molar-refractivity contribution in [3.63, 3.8) is 0 Å². The predicted octanol–water partition coefficient (Wildman–Crippen LogP) is 5.60. The Kier molecular flexibility index (Phi) is 9.62. The van der Waals surface area contributed by atoms with Crippen molar-refractivity contribution < 1.29 is 24.2 Å². The number of fused-ring (bicyclic) bond motifs is 1. The fourth-order valence-corrected chi connectivity index (χ4v) is 8.51. The van der Waals surface area contributed by atoms with Gasteiger partial charge in [0.25, 0.3) is 5.91 Å². The number of aliphatic hydroxyl groups is 1. The van der Waals surface area contributed by atoms with E-state index in [4.69, 9.17) is 4.74 Å². The number of amides is 3. The standard InChI is InChI=1S/C38H49N3O5/c1-8-22-39(28-18-13-12-14-19-28)34(43)30-31-35(44)41(29(24-42)25(5)10-3)33(38(31)21-20-37(30,11-4)46-38)36(45)40(23-9-2)32-26(6)16-15-17-27(32)7/h8-9,12-19,25,29-31,33,42H,1-2,10-11,20-24H2,3-7H3/t25-,29-,30+,31-,33?,37-,38?/m0/s1. The van der Waals surface area contributed by atoms with Crippen molar-refractivity contribution in [3.8, 4) is 0 Å². The van der Waals surface area contributed by atoms with Gasteiger partial charge in [-0.15, -0.1) is 13.2 Å². The maximum atomic E-state index is 15.2. The monoisotopic (exact) mass is 627 g/mol. The molecule has 1 spiro atoms. The maximum absolute atomic E-state index is 15.2. The molecule has 2 bridgehead atoms. The van der Waals surface area contributed by atoms with Crippen LogP contribution in [0.2, 0.25) is 0 Å². The highest BCUT2D eigenvalue weighted by Gasteiger charge is 2.79. The highest BCUT2D eigenvalue weighted by molar-refractivity contribution is 6.07. The molecule has 0 aliphatic carbocycles. The minimum absolute atomic E-state index is 0.0967. The summed E-state index contributed by atoms with van der Waals surface area (Å²) in [5.41, 5.74) is 1.22. The van der Waals surface area contributed by atoms with Crippen LogP contribution in [0, 0.1) is 31.6 Å². The summed E-state index contributed by atoms with van der Waals surface area (Å²) in [4.78, 5) is 50.0. The van der Waals surface area contributed by atoms with Gasteiger partial charge in [0.15, 0.2) is 0 Å². The second-order valence-electron chi connectivity index (χ2n) is 13.3. The Balaban J connectivity index is 1.70. The summed E-state index contributed by atoms with van der Waals surface area (Å²) in [5.74, 6) is -2.55. The molecule has 2 aromatic rings. The Morgan fingerprint density at radius 3 is 2.20 bits per heavy atom. The van der Waals surface area contributed by atoms with Gasteiger partial charge in [-0.2, -0.15) is 0 Å². The van der Waals surface area contributed by atoms with E-state index in [1.165, 1.54) is 0 Å². The molecular formula is C38H49N3O5. The second kappa shape index (κ2) is 13.2. The zero-order valence-corrected chi connectivity index (χ0v) is 27.9. The molecule has 3 aliphatic rings. The van der Waals surface area contributed by atoms with E-state index in [0.29, 0.717) is 31.4 Å². The number of carbonyl (C=O) groups is 3. The molecule has 3 saturated heterocycles. The topological polar surface area (TPSA) is 90.4 Å². The Labute approximate surface area is 273 Å². The molecule has 3 fully saturated rings. The number of para-hydroxylation sites is 2. The SMILES string of the molecule is C=CCN(C(=O)[C@H]1[C@H]2C(=O)N([C@@H](CO)[C@@H](C)CC)C(C(=O)N(CC=C)c3c(C)cccc3C)C23CC[C@]1(CC)O3)c1ccccc1. The van der Waals surface area contributed by atoms with Gasteiger partial charge < -0.3 is 24.5 Å². The van der Waals surface area contributed by atoms with Crippen LogP contribution in [0.5, 0.6) is 0 Å². The number of hydrogen-bond acceptors (Lipinski definition) is 5. The molecule has 8 nitrogen and oxygen atoms in total. The van der Waals surface area contributed by atoms with Crippen molar-refractivity contribution in [3.05, 3.63) is 85.0 Å². The molecule has 5 rings (SSSR count). The highest BCUT2D eigenvalue weighted by atomic mass is 16.5. The van der Waals surface area contributed by atoms with Gasteiger partial charge in [0, 0.05) is 24.5 Å². The molecule has 3 amide bonds. The third-order valence-electron chi connectivity index (χ3n) is 10.9. The van der Waals surface area contributed by atoms with Crippen molar-refractivity contribution in [2.75, 3.05) is 29.5 Å². The molecule has 46 heavy (non-hydrogen) atoms. The van der Waals surface area contributed by atoms with Crippen LogP contribution in [0.3, 0.4) is 0 Å². The molecule has 246 valence electrons. The smallest absolute Gasteiger partial charge is 0.253 e. The molecule has 3 aliphatic heterocycles. The van der Waals surface area contributed by atoms with Crippen molar-refractivity contribution in [2.24, 2.45) is 17.8 Å². The quantitative estimate of drug-likeness (QED) is 0.292. The van der Waals surface area contributed by atoms with E-state index in [1.807, 2.05) is 83.1 Å². The fraction of sp³-hybridized carbons (Fsp3) is 0.500. The van der Waals surface area contributed by atoms with Crippen molar-refractivity contribution >= 4 is 29.1 Å². The first-order valence-corrected chi connectivity index (χ1v) is 16.7. The number of aryl methyl sites for hydroxylation is 2. The van der Waals surface area contributed by atoms with E-state index >= 15 is 9.59 Å². The minimum Gasteiger partial charge on any atom is -0.394 e. The number of likely N-dealkylation sites (tertiary alicyclic amines) is 1. The third-order valence-corrected chi connectivity index (χ3v) is 10.9. The Morgan fingerprint density at radius 2 is 1.63 bits per heavy atom. The number of carbonyl (C=O) groups excluding carboxylic acids is 3. The highest BCUT2D eigenvalue weighted by Crippen LogP contribution is 2.65. The summed E-state index contributed by atoms with van der Waals surface area (Å²) >= 11 is 0. The third kappa shape index (κ3) is 5.10. The Bertz CT molecular complexity index is 1470. The van der Waals surface area contributed by atoms with Gasteiger partial charge in [-0.25, -0.2) is 0 Å². The number of rotatable bonds is 13. The number of benzene rings is 2. The van der Waals surface area contributed by atoms with E-state index in [2.05, 4.69) is 13.2 Å². The van der Waals surface area contributed by atoms with Gasteiger partial charge >= 0.3 is 0 Å². The van der Waals surface area contributed by atoms with Crippen LogP contribution in [0.25, 0.3) is 0 Å². The number of nitrogens with zero attached hydrogens (tertiary/aromatic N) is 3. The van der Waals surface area contributed by atoms with E-state index in [1.54, 1.807) is 26.9 Å². The van der Waals surface area contributed by atoms with Crippen LogP contribution in [-0.2, 0) is 19.1 Å². The molecular weight excluding hydrogens is 578 g/mol. The van der Waals surface area contributed by atoms with Gasteiger partial charge in [-0.3, -0.25) is 14.4 Å². The van der Waals surface area contributed by atoms with E-state index in [0.717, 1.165) is 16.8 Å². The molecule has 0 aromatic heterocycles. The van der Waals surface area contributed by atoms with Gasteiger partial charge in [0.2, 0.25) is 11.8 Å². The summed E-state index contributed by atoms with van der Waals surface area (Å²) in [6, 6.07) is 13.7. The van der Waals surface area contributed by atoms with Crippen LogP contribution >= 0.6 is 0 Å². The molecule has 2 unspecified atom stereocenters. The van der Waals surface area contributed by atoms with E-state index in [9.17, 15) is 9.90 Å². The van der Waals surface area contributed by atoms with E-state index in [-0.39, 0.29) is 43.3 Å². The van der Waals surface area contributed by atoms with Crippen LogP contribution in [0.4, 0.5) is 11.4 Å². The first kappa shape index (κ1) is 33.6. The Hall–Kier alpha value is -3.75. The van der Waals surface area contributed by atoms with Gasteiger partial charge in [-0.05, 0) is 62.3 Å². The molecule has 0 saturated carbocycles. The molecule has 8 heteroatoms. The summed E-state index contributed by atoms with van der Waals surface area (Å²) < 4.78 is 7.09. The lowest BCUT2D eigenvalue weighted by atomic mass is 9.64. The summed E-state index contributed by atoms with van der Waals surface area (Å²) in [6.45, 7) is 18.0. The van der Waals surface area contributed by atoms with Crippen molar-refractivity contribution in [2.45, 2.75) is 83.6 Å². The zero-order valence-electron chi connectivity index (χ0n) is 27.9. The Morgan fingerprint density at radius 1 is 1.00 bits per heavy atom. The average Bonchev–Trinajstić information content (AvgIpc) is 3.67. The molecule has 2 aromatic carbocycles.